The molecule has 1 aliphatic heterocycles. The fourth-order valence-electron chi connectivity index (χ4n) is 2.55. The standard InChI is InChI=1S/C17H24ClN3O3/c1-17(2,11-18)16(24)19-13-9-12(10-20(3)15(13)23)14(22)21-7-5-4-6-8-21/h9-10H,4-8,11H2,1-3H3,(H,19,24). The van der Waals surface area contributed by atoms with Gasteiger partial charge in [0, 0.05) is 32.2 Å². The van der Waals surface area contributed by atoms with Crippen molar-refractivity contribution in [3.8, 4) is 0 Å². The van der Waals surface area contributed by atoms with Gasteiger partial charge in [0.15, 0.2) is 0 Å². The van der Waals surface area contributed by atoms with E-state index in [0.717, 1.165) is 32.4 Å². The van der Waals surface area contributed by atoms with Gasteiger partial charge < -0.3 is 14.8 Å². The quantitative estimate of drug-likeness (QED) is 0.843. The molecular formula is C17H24ClN3O3. The Morgan fingerprint density at radius 2 is 1.88 bits per heavy atom. The summed E-state index contributed by atoms with van der Waals surface area (Å²) in [6.45, 7) is 4.84. The topological polar surface area (TPSA) is 71.4 Å². The lowest BCUT2D eigenvalue weighted by Crippen LogP contribution is -2.37. The number of nitrogens with zero attached hydrogens (tertiary/aromatic N) is 2. The zero-order chi connectivity index (χ0) is 17.9. The van der Waals surface area contributed by atoms with Crippen molar-refractivity contribution in [3.05, 3.63) is 28.2 Å². The Kier molecular flexibility index (Phi) is 5.70. The molecule has 1 N–H and O–H groups in total. The molecule has 132 valence electrons. The minimum Gasteiger partial charge on any atom is -0.339 e. The lowest BCUT2D eigenvalue weighted by molar-refractivity contribution is -0.122. The second-order valence-corrected chi connectivity index (χ2v) is 7.15. The van der Waals surface area contributed by atoms with Crippen LogP contribution in [0.3, 0.4) is 0 Å². The summed E-state index contributed by atoms with van der Waals surface area (Å²) in [7, 11) is 1.57. The maximum atomic E-state index is 12.6. The summed E-state index contributed by atoms with van der Waals surface area (Å²) in [4.78, 5) is 39.0. The molecule has 1 aromatic heterocycles. The Labute approximate surface area is 146 Å². The van der Waals surface area contributed by atoms with E-state index in [2.05, 4.69) is 5.32 Å². The number of aryl methyl sites for hydroxylation is 1. The third kappa shape index (κ3) is 3.98. The van der Waals surface area contributed by atoms with Gasteiger partial charge in [-0.3, -0.25) is 14.4 Å². The van der Waals surface area contributed by atoms with Crippen LogP contribution in [0.1, 0.15) is 43.5 Å². The molecule has 7 heteroatoms. The smallest absolute Gasteiger partial charge is 0.274 e. The molecule has 24 heavy (non-hydrogen) atoms. The number of halogens is 1. The van der Waals surface area contributed by atoms with Gasteiger partial charge in [0.2, 0.25) is 5.91 Å². The van der Waals surface area contributed by atoms with Crippen LogP contribution in [0.2, 0.25) is 0 Å². The molecule has 0 aromatic carbocycles. The molecule has 1 aliphatic rings. The molecule has 1 aromatic rings. The van der Waals surface area contributed by atoms with Crippen molar-refractivity contribution in [2.24, 2.45) is 12.5 Å². The maximum Gasteiger partial charge on any atom is 0.274 e. The van der Waals surface area contributed by atoms with Gasteiger partial charge in [-0.2, -0.15) is 0 Å². The zero-order valence-electron chi connectivity index (χ0n) is 14.4. The fraction of sp³-hybridized carbons (Fsp3) is 0.588. The van der Waals surface area contributed by atoms with Crippen LogP contribution in [0.4, 0.5) is 5.69 Å². The van der Waals surface area contributed by atoms with E-state index in [1.165, 1.54) is 16.8 Å². The monoisotopic (exact) mass is 353 g/mol. The fourth-order valence-corrected chi connectivity index (χ4v) is 2.67. The van der Waals surface area contributed by atoms with Gasteiger partial charge in [-0.25, -0.2) is 0 Å². The number of amides is 2. The summed E-state index contributed by atoms with van der Waals surface area (Å²) in [5, 5.41) is 2.61. The molecule has 0 spiro atoms. The van der Waals surface area contributed by atoms with Gasteiger partial charge in [-0.1, -0.05) is 0 Å². The van der Waals surface area contributed by atoms with Gasteiger partial charge in [0.05, 0.1) is 11.0 Å². The summed E-state index contributed by atoms with van der Waals surface area (Å²) in [5.74, 6) is -0.333. The maximum absolute atomic E-state index is 12.6. The Bertz CT molecular complexity index is 691. The second-order valence-electron chi connectivity index (χ2n) is 6.88. The average Bonchev–Trinajstić information content (AvgIpc) is 2.58. The van der Waals surface area contributed by atoms with Crippen LogP contribution < -0.4 is 10.9 Å². The summed E-state index contributed by atoms with van der Waals surface area (Å²) in [6, 6.07) is 1.46. The van der Waals surface area contributed by atoms with Crippen molar-refractivity contribution < 1.29 is 9.59 Å². The first-order valence-corrected chi connectivity index (χ1v) is 8.67. The van der Waals surface area contributed by atoms with Crippen LogP contribution in [0.5, 0.6) is 0 Å². The summed E-state index contributed by atoms with van der Waals surface area (Å²) in [5.41, 5.74) is -0.662. The van der Waals surface area contributed by atoms with Crippen LogP contribution in [0.15, 0.2) is 17.1 Å². The first kappa shape index (κ1) is 18.5. The first-order valence-electron chi connectivity index (χ1n) is 8.13. The van der Waals surface area contributed by atoms with E-state index in [4.69, 9.17) is 11.6 Å². The molecule has 2 heterocycles. The van der Waals surface area contributed by atoms with Crippen LogP contribution in [-0.2, 0) is 11.8 Å². The first-order chi connectivity index (χ1) is 11.3. The Morgan fingerprint density at radius 3 is 2.46 bits per heavy atom. The molecule has 0 saturated carbocycles. The average molecular weight is 354 g/mol. The van der Waals surface area contributed by atoms with E-state index in [9.17, 15) is 14.4 Å². The van der Waals surface area contributed by atoms with Crippen molar-refractivity contribution in [1.29, 1.82) is 0 Å². The molecule has 0 aliphatic carbocycles. The highest BCUT2D eigenvalue weighted by molar-refractivity contribution is 6.20. The molecule has 0 atom stereocenters. The molecule has 0 unspecified atom stereocenters. The number of hydrogen-bond acceptors (Lipinski definition) is 3. The van der Waals surface area contributed by atoms with Gasteiger partial charge in [0.1, 0.15) is 5.69 Å². The second kappa shape index (κ2) is 7.38. The van der Waals surface area contributed by atoms with E-state index >= 15 is 0 Å². The van der Waals surface area contributed by atoms with Gasteiger partial charge in [-0.05, 0) is 39.2 Å². The lowest BCUT2D eigenvalue weighted by Gasteiger charge is -2.27. The molecular weight excluding hydrogens is 330 g/mol. The van der Waals surface area contributed by atoms with Crippen molar-refractivity contribution in [3.63, 3.8) is 0 Å². The van der Waals surface area contributed by atoms with Crippen molar-refractivity contribution in [2.45, 2.75) is 33.1 Å². The number of hydrogen-bond donors (Lipinski definition) is 1. The van der Waals surface area contributed by atoms with E-state index in [1.54, 1.807) is 25.8 Å². The number of piperidine rings is 1. The van der Waals surface area contributed by atoms with Crippen LogP contribution >= 0.6 is 11.6 Å². The van der Waals surface area contributed by atoms with E-state index < -0.39 is 5.41 Å². The number of nitrogens with one attached hydrogen (secondary N) is 1. The SMILES string of the molecule is Cn1cc(C(=O)N2CCCCC2)cc(NC(=O)C(C)(C)CCl)c1=O. The number of aromatic nitrogens is 1. The third-order valence-corrected chi connectivity index (χ3v) is 4.94. The Hall–Kier alpha value is -1.82. The largest absolute Gasteiger partial charge is 0.339 e. The normalized spacial score (nSPS) is 15.2. The number of carbonyl (C=O) groups excluding carboxylic acids is 2. The number of carbonyl (C=O) groups is 2. The van der Waals surface area contributed by atoms with Crippen molar-refractivity contribution in [1.82, 2.24) is 9.47 Å². The molecule has 2 rings (SSSR count). The molecule has 1 fully saturated rings. The molecule has 0 radical (unpaired) electrons. The van der Waals surface area contributed by atoms with Crippen LogP contribution in [0.25, 0.3) is 0 Å². The van der Waals surface area contributed by atoms with E-state index in [-0.39, 0.29) is 28.9 Å². The van der Waals surface area contributed by atoms with Gasteiger partial charge in [-0.15, -0.1) is 11.6 Å². The summed E-state index contributed by atoms with van der Waals surface area (Å²) in [6.07, 6.45) is 4.63. The van der Waals surface area contributed by atoms with E-state index in [0.29, 0.717) is 5.56 Å². The number of rotatable bonds is 4. The highest BCUT2D eigenvalue weighted by atomic mass is 35.5. The molecule has 0 bridgehead atoms. The van der Waals surface area contributed by atoms with Gasteiger partial charge >= 0.3 is 0 Å². The number of pyridine rings is 1. The zero-order valence-corrected chi connectivity index (χ0v) is 15.2. The highest BCUT2D eigenvalue weighted by Gasteiger charge is 2.28. The predicted octanol–water partition coefficient (Wildman–Crippen LogP) is 2.21. The summed E-state index contributed by atoms with van der Waals surface area (Å²) < 4.78 is 1.32. The van der Waals surface area contributed by atoms with Crippen molar-refractivity contribution in [2.75, 3.05) is 24.3 Å². The number of likely N-dealkylation sites (tertiary alicyclic amines) is 1. The minimum atomic E-state index is -0.806. The summed E-state index contributed by atoms with van der Waals surface area (Å²) >= 11 is 5.80. The van der Waals surface area contributed by atoms with Crippen LogP contribution in [-0.4, -0.2) is 40.3 Å². The molecule has 1 saturated heterocycles. The minimum absolute atomic E-state index is 0.101. The molecule has 6 nitrogen and oxygen atoms in total. The number of alkyl halides is 1. The van der Waals surface area contributed by atoms with E-state index in [1.807, 2.05) is 0 Å². The van der Waals surface area contributed by atoms with Gasteiger partial charge in [0.25, 0.3) is 11.5 Å². The lowest BCUT2D eigenvalue weighted by atomic mass is 9.95. The predicted molar refractivity (Wildman–Crippen MR) is 94.6 cm³/mol. The van der Waals surface area contributed by atoms with Crippen molar-refractivity contribution >= 4 is 29.1 Å². The Morgan fingerprint density at radius 1 is 1.25 bits per heavy atom. The Balaban J connectivity index is 2.29. The third-order valence-electron chi connectivity index (χ3n) is 4.27. The molecule has 2 amide bonds. The van der Waals surface area contributed by atoms with Crippen LogP contribution in [0, 0.1) is 5.41 Å². The number of anilines is 1. The highest BCUT2D eigenvalue weighted by Crippen LogP contribution is 2.20.